The van der Waals surface area contributed by atoms with E-state index in [1.54, 1.807) is 0 Å². The number of aromatic nitrogens is 1. The largest absolute Gasteiger partial charge is 0.481 e. The molecule has 8 heteroatoms. The molecule has 2 heterocycles. The molecule has 2 aliphatic rings. The lowest BCUT2D eigenvalue weighted by molar-refractivity contribution is -0.389. The number of aromatic amines is 1. The molecule has 3 rings (SSSR count). The van der Waals surface area contributed by atoms with E-state index in [1.807, 2.05) is 0 Å². The van der Waals surface area contributed by atoms with Crippen LogP contribution in [0.2, 0.25) is 0 Å². The van der Waals surface area contributed by atoms with Crippen molar-refractivity contribution in [2.24, 2.45) is 11.3 Å². The SMILES string of the molecule is O=C(c1ccc([N+](=O)[O-])[nH]1)N1C[C@@H]2CCC[C@@]2(C(=O)O)C1. The highest BCUT2D eigenvalue weighted by atomic mass is 16.6. The first-order chi connectivity index (χ1) is 9.94. The molecule has 1 aromatic rings. The number of amides is 1. The van der Waals surface area contributed by atoms with Crippen LogP contribution >= 0.6 is 0 Å². The summed E-state index contributed by atoms with van der Waals surface area (Å²) >= 11 is 0. The zero-order chi connectivity index (χ0) is 15.2. The number of fused-ring (bicyclic) bond motifs is 1. The fraction of sp³-hybridized carbons (Fsp3) is 0.538. The Hall–Kier alpha value is -2.38. The van der Waals surface area contributed by atoms with E-state index < -0.39 is 16.3 Å². The van der Waals surface area contributed by atoms with Crippen LogP contribution in [0.1, 0.15) is 29.8 Å². The van der Waals surface area contributed by atoms with E-state index in [0.717, 1.165) is 12.8 Å². The number of H-pyrrole nitrogens is 1. The number of rotatable bonds is 3. The minimum absolute atomic E-state index is 0.0242. The Morgan fingerprint density at radius 3 is 2.81 bits per heavy atom. The molecule has 2 N–H and O–H groups in total. The summed E-state index contributed by atoms with van der Waals surface area (Å²) in [5.41, 5.74) is -0.712. The van der Waals surface area contributed by atoms with Crippen molar-refractivity contribution in [1.29, 1.82) is 0 Å². The number of likely N-dealkylation sites (tertiary alicyclic amines) is 1. The van der Waals surface area contributed by atoms with E-state index in [1.165, 1.54) is 17.0 Å². The molecule has 2 fully saturated rings. The van der Waals surface area contributed by atoms with Gasteiger partial charge in [-0.2, -0.15) is 0 Å². The van der Waals surface area contributed by atoms with Gasteiger partial charge in [0.15, 0.2) is 5.69 Å². The third kappa shape index (κ3) is 1.98. The van der Waals surface area contributed by atoms with Crippen LogP contribution in [0.15, 0.2) is 12.1 Å². The quantitative estimate of drug-likeness (QED) is 0.642. The molecule has 1 saturated carbocycles. The second-order valence-corrected chi connectivity index (χ2v) is 5.75. The lowest BCUT2D eigenvalue weighted by Crippen LogP contribution is -2.37. The van der Waals surface area contributed by atoms with Crippen molar-refractivity contribution in [3.8, 4) is 0 Å². The summed E-state index contributed by atoms with van der Waals surface area (Å²) in [6.45, 7) is 0.580. The molecule has 1 amide bonds. The van der Waals surface area contributed by atoms with Crippen molar-refractivity contribution < 1.29 is 19.6 Å². The topological polar surface area (TPSA) is 117 Å². The van der Waals surface area contributed by atoms with Gasteiger partial charge < -0.3 is 20.1 Å². The van der Waals surface area contributed by atoms with Crippen LogP contribution in [-0.4, -0.2) is 44.9 Å². The maximum Gasteiger partial charge on any atom is 0.321 e. The molecule has 2 atom stereocenters. The Bertz CT molecular complexity index is 625. The number of hydrogen-bond donors (Lipinski definition) is 2. The first-order valence-corrected chi connectivity index (χ1v) is 6.80. The molecule has 0 bridgehead atoms. The molecule has 21 heavy (non-hydrogen) atoms. The number of carbonyl (C=O) groups is 2. The second-order valence-electron chi connectivity index (χ2n) is 5.75. The van der Waals surface area contributed by atoms with Gasteiger partial charge in [0, 0.05) is 19.2 Å². The molecule has 1 saturated heterocycles. The molecular weight excluding hydrogens is 278 g/mol. The Morgan fingerprint density at radius 1 is 1.48 bits per heavy atom. The lowest BCUT2D eigenvalue weighted by atomic mass is 9.81. The number of nitro groups is 1. The maximum absolute atomic E-state index is 12.4. The third-order valence-electron chi connectivity index (χ3n) is 4.68. The van der Waals surface area contributed by atoms with Gasteiger partial charge in [-0.05, 0) is 29.7 Å². The number of carboxylic acids is 1. The fourth-order valence-electron chi connectivity index (χ4n) is 3.58. The molecule has 0 spiro atoms. The first kappa shape index (κ1) is 13.6. The van der Waals surface area contributed by atoms with Crippen LogP contribution in [-0.2, 0) is 4.79 Å². The van der Waals surface area contributed by atoms with Crippen LogP contribution < -0.4 is 0 Å². The number of carboxylic acid groups (broad SMARTS) is 1. The van der Waals surface area contributed by atoms with Gasteiger partial charge in [-0.3, -0.25) is 9.59 Å². The smallest absolute Gasteiger partial charge is 0.321 e. The molecule has 0 aromatic carbocycles. The van der Waals surface area contributed by atoms with E-state index in [9.17, 15) is 24.8 Å². The van der Waals surface area contributed by atoms with Gasteiger partial charge in [-0.25, -0.2) is 4.98 Å². The normalized spacial score (nSPS) is 27.6. The predicted octanol–water partition coefficient (Wildman–Crippen LogP) is 1.25. The monoisotopic (exact) mass is 293 g/mol. The van der Waals surface area contributed by atoms with E-state index in [4.69, 9.17) is 0 Å². The Morgan fingerprint density at radius 2 is 2.24 bits per heavy atom. The highest BCUT2D eigenvalue weighted by molar-refractivity contribution is 5.94. The molecule has 1 aliphatic carbocycles. The third-order valence-corrected chi connectivity index (χ3v) is 4.68. The number of nitrogens with one attached hydrogen (secondary N) is 1. The number of carbonyl (C=O) groups excluding carboxylic acids is 1. The van der Waals surface area contributed by atoms with Crippen molar-refractivity contribution >= 4 is 17.7 Å². The van der Waals surface area contributed by atoms with Crippen LogP contribution in [0.3, 0.4) is 0 Å². The van der Waals surface area contributed by atoms with Crippen molar-refractivity contribution in [1.82, 2.24) is 9.88 Å². The number of hydrogen-bond acceptors (Lipinski definition) is 4. The standard InChI is InChI=1S/C13H15N3O5/c17-11(9-3-4-10(14-9)16(20)21)15-6-8-2-1-5-13(8,7-15)12(18)19/h3-4,8,14H,1-2,5-7H2,(H,18,19)/t8-,13+/m0/s1. The van der Waals surface area contributed by atoms with Gasteiger partial charge in [0.05, 0.1) is 5.41 Å². The van der Waals surface area contributed by atoms with E-state index in [0.29, 0.717) is 13.0 Å². The first-order valence-electron chi connectivity index (χ1n) is 6.80. The maximum atomic E-state index is 12.4. The van der Waals surface area contributed by atoms with Crippen molar-refractivity contribution in [3.05, 3.63) is 27.9 Å². The van der Waals surface area contributed by atoms with E-state index >= 15 is 0 Å². The van der Waals surface area contributed by atoms with Gasteiger partial charge in [0.1, 0.15) is 0 Å². The van der Waals surface area contributed by atoms with Crippen molar-refractivity contribution in [2.45, 2.75) is 19.3 Å². The fourth-order valence-corrected chi connectivity index (χ4v) is 3.58. The number of aliphatic carboxylic acids is 1. The summed E-state index contributed by atoms with van der Waals surface area (Å²) in [5.74, 6) is -1.49. The van der Waals surface area contributed by atoms with Crippen LogP contribution in [0.25, 0.3) is 0 Å². The highest BCUT2D eigenvalue weighted by Crippen LogP contribution is 2.49. The predicted molar refractivity (Wildman–Crippen MR) is 70.8 cm³/mol. The van der Waals surface area contributed by atoms with Crippen molar-refractivity contribution in [2.75, 3.05) is 13.1 Å². The Labute approximate surface area is 119 Å². The van der Waals surface area contributed by atoms with Gasteiger partial charge in [0.2, 0.25) is 0 Å². The summed E-state index contributed by atoms with van der Waals surface area (Å²) in [6.07, 6.45) is 2.26. The van der Waals surface area contributed by atoms with E-state index in [-0.39, 0.29) is 29.9 Å². The van der Waals surface area contributed by atoms with Gasteiger partial charge in [-0.15, -0.1) is 0 Å². The molecular formula is C13H15N3O5. The van der Waals surface area contributed by atoms with Crippen LogP contribution in [0.4, 0.5) is 5.82 Å². The minimum atomic E-state index is -0.849. The number of nitrogens with zero attached hydrogens (tertiary/aromatic N) is 2. The molecule has 1 aromatic heterocycles. The zero-order valence-corrected chi connectivity index (χ0v) is 11.2. The summed E-state index contributed by atoms with van der Waals surface area (Å²) in [4.78, 5) is 37.9. The van der Waals surface area contributed by atoms with Gasteiger partial charge >= 0.3 is 11.8 Å². The summed E-state index contributed by atoms with van der Waals surface area (Å²) in [7, 11) is 0. The summed E-state index contributed by atoms with van der Waals surface area (Å²) in [5, 5.41) is 20.1. The molecule has 1 aliphatic heterocycles. The molecule has 112 valence electrons. The lowest BCUT2D eigenvalue weighted by Gasteiger charge is -2.22. The van der Waals surface area contributed by atoms with E-state index in [2.05, 4.69) is 4.98 Å². The average Bonchev–Trinajstić information content (AvgIpc) is 3.11. The zero-order valence-electron chi connectivity index (χ0n) is 11.2. The minimum Gasteiger partial charge on any atom is -0.481 e. The Balaban J connectivity index is 1.81. The molecule has 8 nitrogen and oxygen atoms in total. The van der Waals surface area contributed by atoms with Gasteiger partial charge in [0.25, 0.3) is 5.91 Å². The Kier molecular flexibility index (Phi) is 2.96. The second kappa shape index (κ2) is 4.57. The summed E-state index contributed by atoms with van der Waals surface area (Å²) in [6, 6.07) is 2.60. The summed E-state index contributed by atoms with van der Waals surface area (Å²) < 4.78 is 0. The highest BCUT2D eigenvalue weighted by Gasteiger charge is 2.56. The molecule has 0 radical (unpaired) electrons. The van der Waals surface area contributed by atoms with Crippen molar-refractivity contribution in [3.63, 3.8) is 0 Å². The van der Waals surface area contributed by atoms with Gasteiger partial charge in [-0.1, -0.05) is 6.42 Å². The molecule has 0 unspecified atom stereocenters. The van der Waals surface area contributed by atoms with Crippen LogP contribution in [0, 0.1) is 21.4 Å². The average molecular weight is 293 g/mol. The van der Waals surface area contributed by atoms with Crippen LogP contribution in [0.5, 0.6) is 0 Å².